The summed E-state index contributed by atoms with van der Waals surface area (Å²) in [4.78, 5) is 0. The Morgan fingerprint density at radius 1 is 0.382 bits per heavy atom. The van der Waals surface area contributed by atoms with Gasteiger partial charge in [-0.2, -0.15) is 0 Å². The molecule has 0 bridgehead atoms. The molecule has 0 nitrogen and oxygen atoms in total. The zero-order valence-electron chi connectivity index (χ0n) is 40.6. The highest BCUT2D eigenvalue weighted by Crippen LogP contribution is 2.66. The Labute approximate surface area is 401 Å². The van der Waals surface area contributed by atoms with Crippen molar-refractivity contribution in [3.05, 3.63) is 217 Å². The normalized spacial score (nSPS) is 22.6. The summed E-state index contributed by atoms with van der Waals surface area (Å²) >= 11 is 0. The molecule has 0 fully saturated rings. The molecule has 6 aromatic carbocycles. The van der Waals surface area contributed by atoms with Crippen LogP contribution in [0.1, 0.15) is 98.9 Å². The number of rotatable bonds is 2. The van der Waals surface area contributed by atoms with Crippen molar-refractivity contribution in [1.29, 1.82) is 0 Å². The van der Waals surface area contributed by atoms with Crippen LogP contribution >= 0.6 is 0 Å². The number of aryl methyl sites for hydroxylation is 2. The van der Waals surface area contributed by atoms with Gasteiger partial charge in [0.1, 0.15) is 0 Å². The summed E-state index contributed by atoms with van der Waals surface area (Å²) in [5.41, 5.74) is 34.8. The summed E-state index contributed by atoms with van der Waals surface area (Å²) in [6.07, 6.45) is 22.9. The molecule has 0 spiro atoms. The van der Waals surface area contributed by atoms with Gasteiger partial charge in [-0.1, -0.05) is 175 Å². The van der Waals surface area contributed by atoms with E-state index in [1.54, 1.807) is 16.7 Å². The Hall–Kier alpha value is -6.76. The van der Waals surface area contributed by atoms with E-state index in [1.807, 2.05) is 0 Å². The second-order valence-electron chi connectivity index (χ2n) is 23.4. The molecule has 9 aliphatic rings. The number of fused-ring (bicyclic) bond motifs is 12. The van der Waals surface area contributed by atoms with Gasteiger partial charge in [0, 0.05) is 23.7 Å². The van der Waals surface area contributed by atoms with Crippen LogP contribution in [-0.2, 0) is 0 Å². The van der Waals surface area contributed by atoms with Crippen LogP contribution in [0.15, 0.2) is 162 Å². The minimum Gasteiger partial charge on any atom is -0.0729 e. The topological polar surface area (TPSA) is 0 Å². The maximum absolute atomic E-state index is 2.67. The highest BCUT2D eigenvalue weighted by molar-refractivity contribution is 6.21. The van der Waals surface area contributed by atoms with E-state index in [1.165, 1.54) is 138 Å². The third-order valence-corrected chi connectivity index (χ3v) is 17.8. The fraction of sp³-hybridized carbons (Fsp3) is 0.235. The van der Waals surface area contributed by atoms with Crippen LogP contribution in [0.5, 0.6) is 0 Å². The molecule has 0 heteroatoms. The van der Waals surface area contributed by atoms with E-state index in [9.17, 15) is 0 Å². The molecule has 0 amide bonds. The molecule has 328 valence electrons. The van der Waals surface area contributed by atoms with Gasteiger partial charge in [-0.25, -0.2) is 0 Å². The monoisotopic (exact) mass is 872 g/mol. The summed E-state index contributed by atoms with van der Waals surface area (Å²) in [7, 11) is 0. The molecule has 0 heterocycles. The first-order valence-electron chi connectivity index (χ1n) is 25.4. The Bertz CT molecular complexity index is 3870. The van der Waals surface area contributed by atoms with Crippen molar-refractivity contribution in [2.24, 2.45) is 34.5 Å². The highest BCUT2D eigenvalue weighted by Gasteiger charge is 2.50. The van der Waals surface area contributed by atoms with Crippen molar-refractivity contribution in [3.63, 3.8) is 0 Å². The van der Waals surface area contributed by atoms with Crippen molar-refractivity contribution in [2.45, 2.75) is 68.2 Å². The minimum atomic E-state index is 0.0393. The Balaban J connectivity index is 1.07. The van der Waals surface area contributed by atoms with Gasteiger partial charge in [-0.15, -0.1) is 0 Å². The smallest absolute Gasteiger partial charge is 0.0212 e. The first-order chi connectivity index (χ1) is 32.8. The zero-order valence-corrected chi connectivity index (χ0v) is 40.6. The van der Waals surface area contributed by atoms with E-state index in [4.69, 9.17) is 0 Å². The van der Waals surface area contributed by atoms with Crippen LogP contribution in [0, 0.1) is 48.3 Å². The molecule has 0 radical (unpaired) electrons. The van der Waals surface area contributed by atoms with Crippen LogP contribution in [0.4, 0.5) is 0 Å². The summed E-state index contributed by atoms with van der Waals surface area (Å²) in [5.74, 6) is 1.17. The quantitative estimate of drug-likeness (QED) is 0.163. The van der Waals surface area contributed by atoms with E-state index in [0.717, 1.165) is 12.8 Å². The molecule has 9 aliphatic carbocycles. The third-order valence-electron chi connectivity index (χ3n) is 17.8. The second kappa shape index (κ2) is 13.1. The molecule has 0 aliphatic heterocycles. The molecule has 6 aromatic rings. The van der Waals surface area contributed by atoms with E-state index < -0.39 is 0 Å². The highest BCUT2D eigenvalue weighted by atomic mass is 14.5. The first-order valence-corrected chi connectivity index (χ1v) is 25.4. The first kappa shape index (κ1) is 39.3. The summed E-state index contributed by atoms with van der Waals surface area (Å²) in [5, 5.41) is 5.78. The standard InChI is InChI=1S/C68H56/c1-35-15-9-11-17-40(35)59-56-33-52-53(55-32-39(68(6,7)8)30-37-29-38(67(3,4)5)31-54(52)58(37)55)34-57(56)60(41-18-12-10-16-36(41)2)66-51-28-26-49-47-24-22-45-43-20-14-13-19-42(43)44-21-23-46(62(47)61(44)45)48-25-27-50(65(59)66)64(51)63(48)49/h9-21,23,25-34,37,58,63-64H,22,24H2,1-8H3. The largest absolute Gasteiger partial charge is 0.0729 e. The lowest BCUT2D eigenvalue weighted by Crippen LogP contribution is -2.41. The SMILES string of the molecule is Cc1ccccc1-c1c2c(c(-c3ccccc3C)c3cc4c(cc13)C1=CC(C(C)(C)C)=CC3C=C(C(C)(C)C)C=C4C13)C1=CC=C3c4ccc5c6c4=C(CCC=6c4ccccc4-5)C4=CC=C2C1C43. The van der Waals surface area contributed by atoms with E-state index in [-0.39, 0.29) is 22.7 Å². The number of benzene rings is 6. The molecule has 0 aromatic heterocycles. The second-order valence-corrected chi connectivity index (χ2v) is 23.4. The lowest BCUT2D eigenvalue weighted by atomic mass is 9.62. The van der Waals surface area contributed by atoms with E-state index in [0.29, 0.717) is 11.8 Å². The van der Waals surface area contributed by atoms with Crippen molar-refractivity contribution in [1.82, 2.24) is 0 Å². The van der Waals surface area contributed by atoms with Crippen LogP contribution in [-0.4, -0.2) is 0 Å². The van der Waals surface area contributed by atoms with Crippen LogP contribution in [0.3, 0.4) is 0 Å². The number of allylic oxidation sites excluding steroid dienone is 16. The maximum atomic E-state index is 2.67. The molecular weight excluding hydrogens is 817 g/mol. The number of hydrogen-bond donors (Lipinski definition) is 0. The molecule has 0 saturated heterocycles. The maximum Gasteiger partial charge on any atom is 0.0212 e. The van der Waals surface area contributed by atoms with Crippen molar-refractivity contribution in [3.8, 4) is 33.4 Å². The Kier molecular flexibility index (Phi) is 7.54. The minimum absolute atomic E-state index is 0.0393. The molecule has 4 unspecified atom stereocenters. The summed E-state index contributed by atoms with van der Waals surface area (Å²) in [6, 6.07) is 37.9. The summed E-state index contributed by atoms with van der Waals surface area (Å²) in [6.45, 7) is 19.0. The van der Waals surface area contributed by atoms with Gasteiger partial charge in [0.2, 0.25) is 0 Å². The molecule has 68 heavy (non-hydrogen) atoms. The van der Waals surface area contributed by atoms with Crippen LogP contribution in [0.25, 0.3) is 83.2 Å². The lowest BCUT2D eigenvalue weighted by molar-refractivity contribution is 0.491. The average Bonchev–Trinajstić information content (AvgIpc) is 3.96. The predicted molar refractivity (Wildman–Crippen MR) is 288 cm³/mol. The van der Waals surface area contributed by atoms with Crippen molar-refractivity contribution < 1.29 is 0 Å². The van der Waals surface area contributed by atoms with E-state index in [2.05, 4.69) is 201 Å². The van der Waals surface area contributed by atoms with Gasteiger partial charge in [0.25, 0.3) is 0 Å². The molecule has 15 rings (SSSR count). The van der Waals surface area contributed by atoms with Gasteiger partial charge in [0.05, 0.1) is 0 Å². The summed E-state index contributed by atoms with van der Waals surface area (Å²) < 4.78 is 0. The molecule has 0 saturated carbocycles. The molecule has 4 atom stereocenters. The van der Waals surface area contributed by atoms with Gasteiger partial charge in [-0.3, -0.25) is 0 Å². The fourth-order valence-corrected chi connectivity index (χ4v) is 14.7. The Morgan fingerprint density at radius 3 is 1.40 bits per heavy atom. The Morgan fingerprint density at radius 2 is 0.838 bits per heavy atom. The van der Waals surface area contributed by atoms with Gasteiger partial charge in [-0.05, 0) is 204 Å². The zero-order chi connectivity index (χ0) is 45.9. The van der Waals surface area contributed by atoms with Gasteiger partial charge >= 0.3 is 0 Å². The molecular formula is C68H56. The third kappa shape index (κ3) is 4.91. The predicted octanol–water partition coefficient (Wildman–Crippen LogP) is 16.0. The lowest BCUT2D eigenvalue weighted by Gasteiger charge is -2.41. The number of hydrogen-bond acceptors (Lipinski definition) is 0. The fourth-order valence-electron chi connectivity index (χ4n) is 14.7. The van der Waals surface area contributed by atoms with E-state index >= 15 is 0 Å². The van der Waals surface area contributed by atoms with Crippen molar-refractivity contribution in [2.75, 3.05) is 0 Å². The van der Waals surface area contributed by atoms with Gasteiger partial charge < -0.3 is 0 Å². The van der Waals surface area contributed by atoms with Gasteiger partial charge in [0.15, 0.2) is 0 Å². The average molecular weight is 873 g/mol. The molecule has 0 N–H and O–H groups in total. The van der Waals surface area contributed by atoms with Crippen LogP contribution < -0.4 is 10.4 Å². The van der Waals surface area contributed by atoms with Crippen LogP contribution in [0.2, 0.25) is 0 Å². The van der Waals surface area contributed by atoms with Crippen molar-refractivity contribution >= 4 is 49.8 Å².